The Morgan fingerprint density at radius 1 is 1.22 bits per heavy atom. The summed E-state index contributed by atoms with van der Waals surface area (Å²) in [5.41, 5.74) is 1.84. The van der Waals surface area contributed by atoms with E-state index in [4.69, 9.17) is 0 Å². The van der Waals surface area contributed by atoms with Crippen molar-refractivity contribution in [1.29, 1.82) is 0 Å². The second-order valence-electron chi connectivity index (χ2n) is 5.61. The van der Waals surface area contributed by atoms with Crippen molar-refractivity contribution in [1.82, 2.24) is 9.88 Å². The molecule has 2 aromatic rings. The minimum absolute atomic E-state index is 0.0584. The Morgan fingerprint density at radius 3 is 2.83 bits per heavy atom. The number of amides is 2. The number of pyridine rings is 1. The molecule has 1 aromatic carbocycles. The molecule has 1 unspecified atom stereocenters. The highest BCUT2D eigenvalue weighted by atomic mass is 79.9. The zero-order valence-corrected chi connectivity index (χ0v) is 14.3. The molecule has 6 heteroatoms. The summed E-state index contributed by atoms with van der Waals surface area (Å²) in [7, 11) is 0. The van der Waals surface area contributed by atoms with Gasteiger partial charge in [0.25, 0.3) is 0 Å². The van der Waals surface area contributed by atoms with Crippen molar-refractivity contribution < 1.29 is 4.79 Å². The van der Waals surface area contributed by atoms with Gasteiger partial charge in [0.2, 0.25) is 0 Å². The van der Waals surface area contributed by atoms with Crippen LogP contribution in [0.15, 0.2) is 53.3 Å². The van der Waals surface area contributed by atoms with E-state index in [1.54, 1.807) is 24.5 Å². The minimum atomic E-state index is -0.0584. The Labute approximate surface area is 144 Å². The van der Waals surface area contributed by atoms with E-state index >= 15 is 0 Å². The molecular weight excluding hydrogens is 356 g/mol. The number of anilines is 2. The number of hydrogen-bond donors (Lipinski definition) is 2. The van der Waals surface area contributed by atoms with Gasteiger partial charge in [0, 0.05) is 47.4 Å². The summed E-state index contributed by atoms with van der Waals surface area (Å²) in [4.78, 5) is 18.2. The fourth-order valence-electron chi connectivity index (χ4n) is 2.73. The predicted octanol–water partition coefficient (Wildman–Crippen LogP) is 3.95. The van der Waals surface area contributed by atoms with Gasteiger partial charge in [0.1, 0.15) is 0 Å². The summed E-state index contributed by atoms with van der Waals surface area (Å²) in [6, 6.07) is 11.9. The molecule has 1 saturated heterocycles. The Hall–Kier alpha value is -2.08. The lowest BCUT2D eigenvalue weighted by Crippen LogP contribution is -2.46. The average molecular weight is 375 g/mol. The van der Waals surface area contributed by atoms with E-state index in [1.807, 2.05) is 23.1 Å². The van der Waals surface area contributed by atoms with Gasteiger partial charge < -0.3 is 15.5 Å². The van der Waals surface area contributed by atoms with Crippen LogP contribution in [-0.2, 0) is 0 Å². The summed E-state index contributed by atoms with van der Waals surface area (Å²) in [5, 5.41) is 6.43. The van der Waals surface area contributed by atoms with Gasteiger partial charge in [-0.1, -0.05) is 22.0 Å². The third kappa shape index (κ3) is 4.45. The number of nitrogens with zero attached hydrogens (tertiary/aromatic N) is 2. The van der Waals surface area contributed by atoms with Gasteiger partial charge in [-0.15, -0.1) is 0 Å². The minimum Gasteiger partial charge on any atom is -0.380 e. The zero-order chi connectivity index (χ0) is 16.1. The Bertz CT molecular complexity index is 665. The van der Waals surface area contributed by atoms with Gasteiger partial charge in [-0.2, -0.15) is 0 Å². The molecule has 1 fully saturated rings. The lowest BCUT2D eigenvalue weighted by Gasteiger charge is -2.33. The Morgan fingerprint density at radius 2 is 2.04 bits per heavy atom. The van der Waals surface area contributed by atoms with Crippen molar-refractivity contribution in [3.05, 3.63) is 53.3 Å². The molecule has 1 aliphatic rings. The van der Waals surface area contributed by atoms with E-state index in [0.29, 0.717) is 6.54 Å². The number of urea groups is 1. The molecule has 0 radical (unpaired) electrons. The number of piperidine rings is 1. The maximum atomic E-state index is 12.4. The maximum Gasteiger partial charge on any atom is 0.321 e. The molecule has 0 saturated carbocycles. The van der Waals surface area contributed by atoms with Crippen molar-refractivity contribution in [3.8, 4) is 0 Å². The first-order valence-corrected chi connectivity index (χ1v) is 8.48. The zero-order valence-electron chi connectivity index (χ0n) is 12.7. The number of benzene rings is 1. The van der Waals surface area contributed by atoms with Crippen LogP contribution in [0.25, 0.3) is 0 Å². The van der Waals surface area contributed by atoms with Gasteiger partial charge in [-0.3, -0.25) is 4.98 Å². The number of aromatic nitrogens is 1. The average Bonchev–Trinajstić information content (AvgIpc) is 2.56. The number of rotatable bonds is 3. The molecule has 1 atom stereocenters. The number of carbonyl (C=O) groups is 1. The van der Waals surface area contributed by atoms with E-state index in [2.05, 4.69) is 37.6 Å². The molecule has 5 nitrogen and oxygen atoms in total. The lowest BCUT2D eigenvalue weighted by atomic mass is 10.1. The number of hydrogen-bond acceptors (Lipinski definition) is 3. The largest absolute Gasteiger partial charge is 0.380 e. The van der Waals surface area contributed by atoms with Gasteiger partial charge in [0.05, 0.1) is 0 Å². The van der Waals surface area contributed by atoms with Crippen LogP contribution in [-0.4, -0.2) is 35.0 Å². The van der Waals surface area contributed by atoms with Crippen LogP contribution in [0.2, 0.25) is 0 Å². The van der Waals surface area contributed by atoms with E-state index < -0.39 is 0 Å². The van der Waals surface area contributed by atoms with E-state index in [9.17, 15) is 4.79 Å². The van der Waals surface area contributed by atoms with Crippen molar-refractivity contribution in [2.75, 3.05) is 23.7 Å². The summed E-state index contributed by atoms with van der Waals surface area (Å²) in [6.07, 6.45) is 5.40. The summed E-state index contributed by atoms with van der Waals surface area (Å²) in [5.74, 6) is 0. The van der Waals surface area contributed by atoms with E-state index in [1.165, 1.54) is 0 Å². The summed E-state index contributed by atoms with van der Waals surface area (Å²) >= 11 is 3.48. The number of carbonyl (C=O) groups excluding carboxylic acids is 1. The summed E-state index contributed by atoms with van der Waals surface area (Å²) < 4.78 is 1.05. The van der Waals surface area contributed by atoms with Crippen LogP contribution in [0.1, 0.15) is 12.8 Å². The smallest absolute Gasteiger partial charge is 0.321 e. The van der Waals surface area contributed by atoms with Crippen LogP contribution < -0.4 is 10.6 Å². The summed E-state index contributed by atoms with van der Waals surface area (Å²) in [6.45, 7) is 1.48. The van der Waals surface area contributed by atoms with Crippen LogP contribution in [0, 0.1) is 0 Å². The first-order valence-electron chi connectivity index (χ1n) is 7.69. The Balaban J connectivity index is 1.58. The molecule has 23 heavy (non-hydrogen) atoms. The molecule has 3 rings (SSSR count). The van der Waals surface area contributed by atoms with Gasteiger partial charge in [0.15, 0.2) is 0 Å². The lowest BCUT2D eigenvalue weighted by molar-refractivity contribution is 0.196. The molecule has 0 spiro atoms. The molecule has 1 aromatic heterocycles. The van der Waals surface area contributed by atoms with E-state index in [0.717, 1.165) is 35.2 Å². The quantitative estimate of drug-likeness (QED) is 0.854. The molecule has 2 amide bonds. The van der Waals surface area contributed by atoms with Crippen molar-refractivity contribution >= 4 is 33.3 Å². The number of likely N-dealkylation sites (tertiary alicyclic amines) is 1. The second kappa shape index (κ2) is 7.46. The van der Waals surface area contributed by atoms with Crippen LogP contribution in [0.4, 0.5) is 16.2 Å². The van der Waals surface area contributed by atoms with Gasteiger partial charge in [-0.25, -0.2) is 4.79 Å². The van der Waals surface area contributed by atoms with Gasteiger partial charge >= 0.3 is 6.03 Å². The monoisotopic (exact) mass is 374 g/mol. The maximum absolute atomic E-state index is 12.4. The molecule has 2 heterocycles. The predicted molar refractivity (Wildman–Crippen MR) is 95.6 cm³/mol. The molecular formula is C17H19BrN4O. The third-order valence-electron chi connectivity index (χ3n) is 3.84. The fraction of sp³-hybridized carbons (Fsp3) is 0.294. The highest BCUT2D eigenvalue weighted by Gasteiger charge is 2.23. The normalized spacial score (nSPS) is 17.6. The first kappa shape index (κ1) is 15.8. The first-order chi connectivity index (χ1) is 11.2. The van der Waals surface area contributed by atoms with Crippen molar-refractivity contribution in [2.24, 2.45) is 0 Å². The van der Waals surface area contributed by atoms with Crippen LogP contribution in [0.3, 0.4) is 0 Å². The second-order valence-corrected chi connectivity index (χ2v) is 6.52. The SMILES string of the molecule is O=C(Nc1ccncc1)N1CCCC(Nc2cccc(Br)c2)C1. The van der Waals surface area contributed by atoms with Crippen molar-refractivity contribution in [3.63, 3.8) is 0 Å². The van der Waals surface area contributed by atoms with Crippen LogP contribution >= 0.6 is 15.9 Å². The van der Waals surface area contributed by atoms with Crippen molar-refractivity contribution in [2.45, 2.75) is 18.9 Å². The highest BCUT2D eigenvalue weighted by Crippen LogP contribution is 2.20. The Kier molecular flexibility index (Phi) is 5.12. The number of halogens is 1. The topological polar surface area (TPSA) is 57.3 Å². The van der Waals surface area contributed by atoms with Gasteiger partial charge in [-0.05, 0) is 43.2 Å². The van der Waals surface area contributed by atoms with E-state index in [-0.39, 0.29) is 12.1 Å². The highest BCUT2D eigenvalue weighted by molar-refractivity contribution is 9.10. The third-order valence-corrected chi connectivity index (χ3v) is 4.33. The molecule has 0 bridgehead atoms. The fourth-order valence-corrected chi connectivity index (χ4v) is 3.13. The molecule has 0 aliphatic carbocycles. The van der Waals surface area contributed by atoms with Crippen LogP contribution in [0.5, 0.6) is 0 Å². The standard InChI is InChI=1S/C17H19BrN4O/c18-13-3-1-4-15(11-13)20-16-5-2-10-22(12-16)17(23)21-14-6-8-19-9-7-14/h1,3-4,6-9,11,16,20H,2,5,10,12H2,(H,19,21,23). The molecule has 120 valence electrons. The molecule has 1 aliphatic heterocycles. The molecule has 2 N–H and O–H groups in total. The number of nitrogens with one attached hydrogen (secondary N) is 2.